The fraction of sp³-hybridized carbons (Fsp3) is 0.571. The number of hydrazone groups is 1. The summed E-state index contributed by atoms with van der Waals surface area (Å²) in [7, 11) is 0. The first-order valence-electron chi connectivity index (χ1n) is 9.30. The van der Waals surface area contributed by atoms with Gasteiger partial charge < -0.3 is 0 Å². The minimum Gasteiger partial charge on any atom is -0.286 e. The molecule has 23 heavy (non-hydrogen) atoms. The Morgan fingerprint density at radius 1 is 1.13 bits per heavy atom. The number of nitrogens with one attached hydrogen (secondary N) is 1. The van der Waals surface area contributed by atoms with Crippen LogP contribution < -0.4 is 5.43 Å². The van der Waals surface area contributed by atoms with Gasteiger partial charge in [0.25, 0.3) is 0 Å². The smallest absolute Gasteiger partial charge is 0.0751 e. The molecule has 1 heterocycles. The monoisotopic (exact) mass is 310 g/mol. The highest BCUT2D eigenvalue weighted by Gasteiger charge is 2.28. The number of nitrogens with zero attached hydrogens (tertiary/aromatic N) is 1. The van der Waals surface area contributed by atoms with E-state index in [1.165, 1.54) is 48.9 Å². The first-order chi connectivity index (χ1) is 11.2. The van der Waals surface area contributed by atoms with Gasteiger partial charge in [-0.25, -0.2) is 0 Å². The van der Waals surface area contributed by atoms with Crippen LogP contribution in [0, 0.1) is 17.8 Å². The second kappa shape index (κ2) is 7.33. The molecule has 2 unspecified atom stereocenters. The minimum atomic E-state index is 0.511. The van der Waals surface area contributed by atoms with Crippen molar-refractivity contribution in [2.24, 2.45) is 22.9 Å². The molecule has 2 aliphatic rings. The van der Waals surface area contributed by atoms with Crippen molar-refractivity contribution >= 4 is 5.71 Å². The molecular formula is C21H30N2. The van der Waals surface area contributed by atoms with Gasteiger partial charge in [0, 0.05) is 12.1 Å². The fourth-order valence-electron chi connectivity index (χ4n) is 4.03. The Kier molecular flexibility index (Phi) is 5.20. The quantitative estimate of drug-likeness (QED) is 0.805. The SMILES string of the molecule is CCc1ccc(C2=NNC=C3CCC(C(C)C)CCCC32)cc1. The number of aryl methyl sites for hydroxylation is 1. The van der Waals surface area contributed by atoms with Crippen LogP contribution in [0.3, 0.4) is 0 Å². The zero-order valence-electron chi connectivity index (χ0n) is 14.8. The Bertz CT molecular complexity index is 580. The first kappa shape index (κ1) is 16.3. The zero-order valence-corrected chi connectivity index (χ0v) is 14.8. The summed E-state index contributed by atoms with van der Waals surface area (Å²) in [5.74, 6) is 2.19. The van der Waals surface area contributed by atoms with Crippen LogP contribution in [0.5, 0.6) is 0 Å². The molecule has 0 radical (unpaired) electrons. The lowest BCUT2D eigenvalue weighted by molar-refractivity contribution is 0.307. The highest BCUT2D eigenvalue weighted by atomic mass is 15.3. The molecule has 124 valence electrons. The van der Waals surface area contributed by atoms with Gasteiger partial charge in [-0.05, 0) is 54.2 Å². The molecule has 1 aromatic carbocycles. The molecule has 2 heteroatoms. The zero-order chi connectivity index (χ0) is 16.2. The molecule has 1 aliphatic heterocycles. The highest BCUT2D eigenvalue weighted by Crippen LogP contribution is 2.36. The van der Waals surface area contributed by atoms with Crippen LogP contribution in [0.1, 0.15) is 64.0 Å². The highest BCUT2D eigenvalue weighted by molar-refractivity contribution is 6.04. The summed E-state index contributed by atoms with van der Waals surface area (Å²) in [4.78, 5) is 0. The molecule has 3 rings (SSSR count). The Morgan fingerprint density at radius 2 is 1.91 bits per heavy atom. The van der Waals surface area contributed by atoms with Crippen LogP contribution >= 0.6 is 0 Å². The van der Waals surface area contributed by atoms with Crippen molar-refractivity contribution in [3.8, 4) is 0 Å². The van der Waals surface area contributed by atoms with E-state index in [1.807, 2.05) is 0 Å². The van der Waals surface area contributed by atoms with Crippen molar-refractivity contribution in [3.05, 3.63) is 47.2 Å². The van der Waals surface area contributed by atoms with Crippen LogP contribution in [0.25, 0.3) is 0 Å². The topological polar surface area (TPSA) is 24.4 Å². The van der Waals surface area contributed by atoms with Gasteiger partial charge in [0.05, 0.1) is 5.71 Å². The normalized spacial score (nSPS) is 24.9. The van der Waals surface area contributed by atoms with Crippen LogP contribution in [-0.2, 0) is 6.42 Å². The van der Waals surface area contributed by atoms with Gasteiger partial charge >= 0.3 is 0 Å². The lowest BCUT2D eigenvalue weighted by Gasteiger charge is -2.31. The van der Waals surface area contributed by atoms with E-state index in [4.69, 9.17) is 0 Å². The number of fused-ring (bicyclic) bond motifs is 1. The van der Waals surface area contributed by atoms with Gasteiger partial charge in [0.15, 0.2) is 0 Å². The molecule has 1 N–H and O–H groups in total. The number of rotatable bonds is 3. The molecule has 2 nitrogen and oxygen atoms in total. The third-order valence-electron chi connectivity index (χ3n) is 5.68. The van der Waals surface area contributed by atoms with Crippen molar-refractivity contribution in [1.29, 1.82) is 0 Å². The molecule has 2 atom stereocenters. The van der Waals surface area contributed by atoms with E-state index in [2.05, 4.69) is 61.8 Å². The molecule has 0 aromatic heterocycles. The number of hydrogen-bond donors (Lipinski definition) is 1. The van der Waals surface area contributed by atoms with Crippen molar-refractivity contribution in [2.75, 3.05) is 0 Å². The van der Waals surface area contributed by atoms with Crippen LogP contribution in [0.4, 0.5) is 0 Å². The minimum absolute atomic E-state index is 0.511. The van der Waals surface area contributed by atoms with Gasteiger partial charge in [-0.15, -0.1) is 0 Å². The third kappa shape index (κ3) is 3.68. The molecule has 0 spiro atoms. The Morgan fingerprint density at radius 3 is 2.61 bits per heavy atom. The summed E-state index contributed by atoms with van der Waals surface area (Å²) in [5.41, 5.74) is 8.66. The summed E-state index contributed by atoms with van der Waals surface area (Å²) in [6.45, 7) is 6.95. The molecule has 1 fully saturated rings. The predicted molar refractivity (Wildman–Crippen MR) is 98.5 cm³/mol. The maximum Gasteiger partial charge on any atom is 0.0751 e. The first-order valence-corrected chi connectivity index (χ1v) is 9.30. The van der Waals surface area contributed by atoms with E-state index < -0.39 is 0 Å². The van der Waals surface area contributed by atoms with Crippen molar-refractivity contribution in [2.45, 2.75) is 59.3 Å². The second-order valence-electron chi connectivity index (χ2n) is 7.42. The third-order valence-corrected chi connectivity index (χ3v) is 5.68. The number of allylic oxidation sites excluding steroid dienone is 1. The molecule has 1 aromatic rings. The molecule has 1 saturated carbocycles. The van der Waals surface area contributed by atoms with Crippen LogP contribution in [-0.4, -0.2) is 5.71 Å². The van der Waals surface area contributed by atoms with Gasteiger partial charge in [0.1, 0.15) is 0 Å². The Labute approximate surface area is 141 Å². The van der Waals surface area contributed by atoms with Crippen molar-refractivity contribution in [1.82, 2.24) is 5.43 Å². The predicted octanol–water partition coefficient (Wildman–Crippen LogP) is 5.29. The summed E-state index contributed by atoms with van der Waals surface area (Å²) >= 11 is 0. The molecule has 0 amide bonds. The second-order valence-corrected chi connectivity index (χ2v) is 7.42. The Hall–Kier alpha value is -1.57. The molecule has 0 saturated heterocycles. The average molecular weight is 310 g/mol. The summed E-state index contributed by atoms with van der Waals surface area (Å²) in [6.07, 6.45) is 9.72. The average Bonchev–Trinajstić information content (AvgIpc) is 2.55. The molecular weight excluding hydrogens is 280 g/mol. The van der Waals surface area contributed by atoms with Crippen molar-refractivity contribution < 1.29 is 0 Å². The maximum atomic E-state index is 4.66. The molecule has 1 aliphatic carbocycles. The van der Waals surface area contributed by atoms with E-state index >= 15 is 0 Å². The number of benzene rings is 1. The lowest BCUT2D eigenvalue weighted by atomic mass is 9.76. The van der Waals surface area contributed by atoms with Crippen molar-refractivity contribution in [3.63, 3.8) is 0 Å². The fourth-order valence-corrected chi connectivity index (χ4v) is 4.03. The van der Waals surface area contributed by atoms with E-state index in [0.29, 0.717) is 5.92 Å². The summed E-state index contributed by atoms with van der Waals surface area (Å²) in [5, 5.41) is 4.66. The van der Waals surface area contributed by atoms with E-state index in [1.54, 1.807) is 5.57 Å². The van der Waals surface area contributed by atoms with E-state index in [9.17, 15) is 0 Å². The number of hydrogen-bond acceptors (Lipinski definition) is 2. The molecule has 0 bridgehead atoms. The summed E-state index contributed by atoms with van der Waals surface area (Å²) in [6, 6.07) is 8.98. The van der Waals surface area contributed by atoms with Gasteiger partial charge in [0.2, 0.25) is 0 Å². The van der Waals surface area contributed by atoms with E-state index in [-0.39, 0.29) is 0 Å². The lowest BCUT2D eigenvalue weighted by Crippen LogP contribution is -2.28. The van der Waals surface area contributed by atoms with Crippen LogP contribution in [0.15, 0.2) is 41.1 Å². The Balaban J connectivity index is 1.78. The summed E-state index contributed by atoms with van der Waals surface area (Å²) < 4.78 is 0. The van der Waals surface area contributed by atoms with Gasteiger partial charge in [-0.2, -0.15) is 5.10 Å². The van der Waals surface area contributed by atoms with Gasteiger partial charge in [-0.1, -0.05) is 57.9 Å². The maximum absolute atomic E-state index is 4.66. The van der Waals surface area contributed by atoms with E-state index in [0.717, 1.165) is 18.3 Å². The largest absolute Gasteiger partial charge is 0.286 e. The van der Waals surface area contributed by atoms with Gasteiger partial charge in [-0.3, -0.25) is 5.43 Å². The standard InChI is InChI=1S/C21H30N2/c1-4-16-8-10-18(11-9-16)21-20-7-5-6-17(15(2)3)12-13-19(20)14-22-23-21/h8-11,14-15,17,20,22H,4-7,12-13H2,1-3H3. The van der Waals surface area contributed by atoms with Crippen LogP contribution in [0.2, 0.25) is 0 Å².